The van der Waals surface area contributed by atoms with Gasteiger partial charge in [0.25, 0.3) is 0 Å². The van der Waals surface area contributed by atoms with E-state index in [0.717, 1.165) is 12.8 Å². The quantitative estimate of drug-likeness (QED) is 0.702. The summed E-state index contributed by atoms with van der Waals surface area (Å²) in [5, 5.41) is 11.7. The Labute approximate surface area is 108 Å². The SMILES string of the molecule is CC1CCCC(N)(C(=O)N[C@H](C(=O)O)C(C)C)C1. The topological polar surface area (TPSA) is 92.4 Å². The van der Waals surface area contributed by atoms with Crippen molar-refractivity contribution in [2.45, 2.75) is 58.0 Å². The highest BCUT2D eigenvalue weighted by Crippen LogP contribution is 2.30. The number of rotatable bonds is 4. The third kappa shape index (κ3) is 3.45. The second-order valence-electron chi connectivity index (χ2n) is 5.89. The lowest BCUT2D eigenvalue weighted by Gasteiger charge is -2.36. The van der Waals surface area contributed by atoms with E-state index in [1.807, 2.05) is 0 Å². The minimum absolute atomic E-state index is 0.156. The second-order valence-corrected chi connectivity index (χ2v) is 5.89. The number of carbonyl (C=O) groups excluding carboxylic acids is 1. The molecule has 1 aliphatic rings. The average molecular weight is 256 g/mol. The zero-order valence-electron chi connectivity index (χ0n) is 11.4. The smallest absolute Gasteiger partial charge is 0.326 e. The van der Waals surface area contributed by atoms with Crippen LogP contribution in [-0.4, -0.2) is 28.6 Å². The Hall–Kier alpha value is -1.10. The van der Waals surface area contributed by atoms with E-state index in [1.54, 1.807) is 13.8 Å². The van der Waals surface area contributed by atoms with Gasteiger partial charge in [0.1, 0.15) is 6.04 Å². The number of aliphatic carboxylic acids is 1. The van der Waals surface area contributed by atoms with Gasteiger partial charge in [-0.25, -0.2) is 4.79 Å². The average Bonchev–Trinajstić information content (AvgIpc) is 2.24. The van der Waals surface area contributed by atoms with Crippen LogP contribution in [0.3, 0.4) is 0 Å². The van der Waals surface area contributed by atoms with Crippen LogP contribution in [0, 0.1) is 11.8 Å². The van der Waals surface area contributed by atoms with E-state index in [-0.39, 0.29) is 11.8 Å². The molecule has 0 aromatic carbocycles. The van der Waals surface area contributed by atoms with E-state index < -0.39 is 17.6 Å². The molecular weight excluding hydrogens is 232 g/mol. The van der Waals surface area contributed by atoms with Crippen molar-refractivity contribution in [3.63, 3.8) is 0 Å². The van der Waals surface area contributed by atoms with Crippen molar-refractivity contribution in [3.8, 4) is 0 Å². The van der Waals surface area contributed by atoms with Crippen molar-refractivity contribution >= 4 is 11.9 Å². The van der Waals surface area contributed by atoms with Gasteiger partial charge >= 0.3 is 5.97 Å². The van der Waals surface area contributed by atoms with Crippen LogP contribution in [0.1, 0.15) is 46.5 Å². The Kier molecular flexibility index (Phi) is 4.73. The van der Waals surface area contributed by atoms with Gasteiger partial charge in [-0.05, 0) is 24.7 Å². The highest BCUT2D eigenvalue weighted by Gasteiger charge is 2.39. The molecule has 5 heteroatoms. The fraction of sp³-hybridized carbons (Fsp3) is 0.846. The molecule has 0 aliphatic heterocycles. The molecular formula is C13H24N2O3. The van der Waals surface area contributed by atoms with E-state index in [2.05, 4.69) is 12.2 Å². The fourth-order valence-electron chi connectivity index (χ4n) is 2.60. The van der Waals surface area contributed by atoms with Gasteiger partial charge in [-0.15, -0.1) is 0 Å². The molecule has 0 radical (unpaired) electrons. The van der Waals surface area contributed by atoms with Crippen molar-refractivity contribution in [1.29, 1.82) is 0 Å². The van der Waals surface area contributed by atoms with Crippen LogP contribution in [-0.2, 0) is 9.59 Å². The van der Waals surface area contributed by atoms with Gasteiger partial charge in [0, 0.05) is 0 Å². The molecule has 1 amide bonds. The van der Waals surface area contributed by atoms with Gasteiger partial charge in [-0.3, -0.25) is 4.79 Å². The highest BCUT2D eigenvalue weighted by molar-refractivity contribution is 5.90. The number of carbonyl (C=O) groups is 2. The molecule has 1 rings (SSSR count). The second kappa shape index (κ2) is 5.69. The first kappa shape index (κ1) is 15.0. The van der Waals surface area contributed by atoms with Crippen molar-refractivity contribution in [3.05, 3.63) is 0 Å². The van der Waals surface area contributed by atoms with E-state index in [4.69, 9.17) is 10.8 Å². The predicted octanol–water partition coefficient (Wildman–Crippen LogP) is 1.12. The standard InChI is InChI=1S/C13H24N2O3/c1-8(2)10(11(16)17)15-12(18)13(14)6-4-5-9(3)7-13/h8-10H,4-7,14H2,1-3H3,(H,15,18)(H,16,17)/t9?,10-,13?/m0/s1. The molecule has 0 aromatic heterocycles. The van der Waals surface area contributed by atoms with Crippen LogP contribution in [0.25, 0.3) is 0 Å². The van der Waals surface area contributed by atoms with Gasteiger partial charge in [0.05, 0.1) is 5.54 Å². The molecule has 1 fully saturated rings. The first-order valence-corrected chi connectivity index (χ1v) is 6.59. The molecule has 0 saturated heterocycles. The summed E-state index contributed by atoms with van der Waals surface area (Å²) in [5.74, 6) is -1.08. The molecule has 1 aliphatic carbocycles. The summed E-state index contributed by atoms with van der Waals surface area (Å²) < 4.78 is 0. The maximum atomic E-state index is 12.2. The monoisotopic (exact) mass is 256 g/mol. The van der Waals surface area contributed by atoms with Crippen LogP contribution in [0.5, 0.6) is 0 Å². The minimum atomic E-state index is -1.01. The molecule has 0 spiro atoms. The summed E-state index contributed by atoms with van der Waals surface area (Å²) in [6.45, 7) is 5.61. The molecule has 1 saturated carbocycles. The summed E-state index contributed by atoms with van der Waals surface area (Å²) in [6.07, 6.45) is 3.26. The van der Waals surface area contributed by atoms with Crippen LogP contribution in [0.15, 0.2) is 0 Å². The molecule has 104 valence electrons. The molecule has 0 heterocycles. The summed E-state index contributed by atoms with van der Waals surface area (Å²) in [6, 6.07) is -0.866. The zero-order chi connectivity index (χ0) is 13.9. The van der Waals surface area contributed by atoms with Crippen molar-refractivity contribution in [1.82, 2.24) is 5.32 Å². The van der Waals surface area contributed by atoms with Gasteiger partial charge in [0.15, 0.2) is 0 Å². The number of nitrogens with one attached hydrogen (secondary N) is 1. The zero-order valence-corrected chi connectivity index (χ0v) is 11.4. The van der Waals surface area contributed by atoms with Gasteiger partial charge < -0.3 is 16.2 Å². The van der Waals surface area contributed by atoms with Gasteiger partial charge in [-0.2, -0.15) is 0 Å². The molecule has 0 bridgehead atoms. The summed E-state index contributed by atoms with van der Waals surface area (Å²) in [4.78, 5) is 23.3. The van der Waals surface area contributed by atoms with Gasteiger partial charge in [-0.1, -0.05) is 33.6 Å². The summed E-state index contributed by atoms with van der Waals surface area (Å²) >= 11 is 0. The van der Waals surface area contributed by atoms with E-state index in [9.17, 15) is 9.59 Å². The molecule has 0 aromatic rings. The van der Waals surface area contributed by atoms with Crippen LogP contribution in [0.2, 0.25) is 0 Å². The molecule has 2 unspecified atom stereocenters. The number of hydrogen-bond acceptors (Lipinski definition) is 3. The van der Waals surface area contributed by atoms with E-state index in [1.165, 1.54) is 0 Å². The van der Waals surface area contributed by atoms with Crippen LogP contribution >= 0.6 is 0 Å². The first-order valence-electron chi connectivity index (χ1n) is 6.59. The Bertz CT molecular complexity index is 330. The van der Waals surface area contributed by atoms with Crippen molar-refractivity contribution in [2.75, 3.05) is 0 Å². The lowest BCUT2D eigenvalue weighted by molar-refractivity contribution is -0.144. The molecule has 3 atom stereocenters. The Morgan fingerprint density at radius 1 is 1.44 bits per heavy atom. The highest BCUT2D eigenvalue weighted by atomic mass is 16.4. The third-order valence-corrected chi connectivity index (χ3v) is 3.70. The minimum Gasteiger partial charge on any atom is -0.480 e. The Balaban J connectivity index is 2.71. The van der Waals surface area contributed by atoms with Crippen molar-refractivity contribution < 1.29 is 14.7 Å². The number of hydrogen-bond donors (Lipinski definition) is 3. The summed E-state index contributed by atoms with van der Waals surface area (Å²) in [5.41, 5.74) is 5.23. The predicted molar refractivity (Wildman–Crippen MR) is 69.0 cm³/mol. The lowest BCUT2D eigenvalue weighted by Crippen LogP contribution is -2.60. The van der Waals surface area contributed by atoms with Crippen molar-refractivity contribution in [2.24, 2.45) is 17.6 Å². The Morgan fingerprint density at radius 3 is 2.50 bits per heavy atom. The molecule has 18 heavy (non-hydrogen) atoms. The fourth-order valence-corrected chi connectivity index (χ4v) is 2.60. The van der Waals surface area contributed by atoms with Crippen LogP contribution < -0.4 is 11.1 Å². The van der Waals surface area contributed by atoms with Gasteiger partial charge in [0.2, 0.25) is 5.91 Å². The maximum Gasteiger partial charge on any atom is 0.326 e. The molecule has 5 nitrogen and oxygen atoms in total. The number of carboxylic acids is 1. The largest absolute Gasteiger partial charge is 0.480 e. The number of carboxylic acid groups (broad SMARTS) is 1. The lowest BCUT2D eigenvalue weighted by atomic mass is 9.76. The maximum absolute atomic E-state index is 12.2. The summed E-state index contributed by atoms with van der Waals surface area (Å²) in [7, 11) is 0. The van der Waals surface area contributed by atoms with E-state index >= 15 is 0 Å². The molecule has 4 N–H and O–H groups in total. The third-order valence-electron chi connectivity index (χ3n) is 3.70. The normalized spacial score (nSPS) is 29.9. The first-order chi connectivity index (χ1) is 8.26. The van der Waals surface area contributed by atoms with Crippen LogP contribution in [0.4, 0.5) is 0 Å². The number of amides is 1. The Morgan fingerprint density at radius 2 is 2.06 bits per heavy atom. The van der Waals surface area contributed by atoms with E-state index in [0.29, 0.717) is 18.8 Å². The number of nitrogens with two attached hydrogens (primary N) is 1.